The summed E-state index contributed by atoms with van der Waals surface area (Å²) in [5.41, 5.74) is 1.40. The molecule has 2 saturated carbocycles. The van der Waals surface area contributed by atoms with E-state index in [9.17, 15) is 9.59 Å². The Kier molecular flexibility index (Phi) is 5.88. The van der Waals surface area contributed by atoms with Gasteiger partial charge in [0.25, 0.3) is 5.91 Å². The van der Waals surface area contributed by atoms with Crippen molar-refractivity contribution in [3.8, 4) is 5.75 Å². The number of methoxy groups -OCH3 is 1. The molecule has 1 heterocycles. The second kappa shape index (κ2) is 8.72. The Hall–Kier alpha value is -2.76. The molecular weight excluding hydrogens is 368 g/mol. The molecule has 0 bridgehead atoms. The van der Waals surface area contributed by atoms with Crippen LogP contribution in [0.4, 0.5) is 0 Å². The van der Waals surface area contributed by atoms with E-state index in [4.69, 9.17) is 9.47 Å². The third-order valence-electron chi connectivity index (χ3n) is 5.80. The minimum Gasteiger partial charge on any atom is -0.481 e. The van der Waals surface area contributed by atoms with Crippen LogP contribution < -0.4 is 4.74 Å². The highest BCUT2D eigenvalue weighted by molar-refractivity contribution is 5.91. The molecule has 2 fully saturated rings. The lowest BCUT2D eigenvalue weighted by molar-refractivity contribution is -0.136. The number of carbonyl (C=O) groups excluding carboxylic acids is 2. The molecule has 2 aromatic rings. The Morgan fingerprint density at radius 1 is 1.03 bits per heavy atom. The van der Waals surface area contributed by atoms with Crippen LogP contribution in [0, 0.1) is 0 Å². The van der Waals surface area contributed by atoms with Gasteiger partial charge in [-0.1, -0.05) is 43.2 Å². The molecule has 1 amide bonds. The van der Waals surface area contributed by atoms with Gasteiger partial charge in [-0.3, -0.25) is 4.79 Å². The summed E-state index contributed by atoms with van der Waals surface area (Å²) < 4.78 is 12.6. The maximum atomic E-state index is 12.9. The number of esters is 1. The number of nitrogens with zero attached hydrogens (tertiary/aromatic N) is 2. The van der Waals surface area contributed by atoms with Crippen LogP contribution in [0.25, 0.3) is 0 Å². The lowest BCUT2D eigenvalue weighted by atomic mass is 10.2. The zero-order chi connectivity index (χ0) is 20.2. The first kappa shape index (κ1) is 19.6. The highest BCUT2D eigenvalue weighted by Crippen LogP contribution is 2.34. The van der Waals surface area contributed by atoms with Crippen molar-refractivity contribution < 1.29 is 19.1 Å². The van der Waals surface area contributed by atoms with Crippen LogP contribution in [0.2, 0.25) is 0 Å². The van der Waals surface area contributed by atoms with E-state index in [-0.39, 0.29) is 12.5 Å². The summed E-state index contributed by atoms with van der Waals surface area (Å²) in [6, 6.07) is 12.3. The fourth-order valence-electron chi connectivity index (χ4n) is 4.25. The topological polar surface area (TPSA) is 60.8 Å². The monoisotopic (exact) mass is 396 g/mol. The number of hydrogen-bond donors (Lipinski definition) is 0. The Morgan fingerprint density at radius 2 is 1.72 bits per heavy atom. The summed E-state index contributed by atoms with van der Waals surface area (Å²) in [5, 5.41) is 0. The van der Waals surface area contributed by atoms with Crippen LogP contribution in [-0.2, 0) is 16.1 Å². The Labute approximate surface area is 171 Å². The van der Waals surface area contributed by atoms with Crippen molar-refractivity contribution in [1.29, 1.82) is 0 Å². The van der Waals surface area contributed by atoms with Gasteiger partial charge in [0.15, 0.2) is 18.1 Å². The van der Waals surface area contributed by atoms with Crippen molar-refractivity contribution in [3.63, 3.8) is 0 Å². The van der Waals surface area contributed by atoms with E-state index in [0.717, 1.165) is 31.2 Å². The predicted molar refractivity (Wildman–Crippen MR) is 109 cm³/mol. The number of aromatic nitrogens is 1. The van der Waals surface area contributed by atoms with E-state index in [1.165, 1.54) is 20.0 Å². The molecule has 0 unspecified atom stereocenters. The molecule has 0 spiro atoms. The maximum absolute atomic E-state index is 12.9. The van der Waals surface area contributed by atoms with Gasteiger partial charge in [-0.25, -0.2) is 4.79 Å². The molecule has 0 saturated heterocycles. The fraction of sp³-hybridized carbons (Fsp3) is 0.478. The first-order chi connectivity index (χ1) is 14.2. The van der Waals surface area contributed by atoms with Gasteiger partial charge in [-0.2, -0.15) is 0 Å². The van der Waals surface area contributed by atoms with Crippen molar-refractivity contribution in [2.45, 2.75) is 57.2 Å². The summed E-state index contributed by atoms with van der Waals surface area (Å²) in [4.78, 5) is 27.4. The lowest BCUT2D eigenvalue weighted by Gasteiger charge is -2.29. The largest absolute Gasteiger partial charge is 0.481 e. The standard InChI is InChI=1S/C23H28N2O4/c1-28-23(27)22-20(13-14-24(22)15-17-7-3-2-4-8-17)29-16-21(26)25(19-11-12-19)18-9-5-6-10-18/h2-4,7-8,13-14,18-19H,5-6,9-12,15-16H2,1H3. The number of rotatable bonds is 8. The summed E-state index contributed by atoms with van der Waals surface area (Å²) in [6.07, 6.45) is 8.53. The quantitative estimate of drug-likeness (QED) is 0.639. The van der Waals surface area contributed by atoms with E-state index < -0.39 is 5.97 Å². The predicted octanol–water partition coefficient (Wildman–Crippen LogP) is 3.64. The van der Waals surface area contributed by atoms with Crippen LogP contribution in [0.1, 0.15) is 54.6 Å². The first-order valence-corrected chi connectivity index (χ1v) is 10.4. The average Bonchev–Trinajstić information content (AvgIpc) is 3.26. The Bertz CT molecular complexity index is 851. The number of benzene rings is 1. The zero-order valence-corrected chi connectivity index (χ0v) is 16.9. The second-order valence-corrected chi connectivity index (χ2v) is 7.89. The highest BCUT2D eigenvalue weighted by atomic mass is 16.5. The van der Waals surface area contributed by atoms with Gasteiger partial charge < -0.3 is 18.9 Å². The van der Waals surface area contributed by atoms with Gasteiger partial charge in [0.05, 0.1) is 7.11 Å². The average molecular weight is 396 g/mol. The van der Waals surface area contributed by atoms with Gasteiger partial charge in [-0.15, -0.1) is 0 Å². The Morgan fingerprint density at radius 3 is 2.38 bits per heavy atom. The third kappa shape index (κ3) is 4.47. The molecule has 154 valence electrons. The zero-order valence-electron chi connectivity index (χ0n) is 16.9. The van der Waals surface area contributed by atoms with Gasteiger partial charge in [0.2, 0.25) is 0 Å². The SMILES string of the molecule is COC(=O)c1c(OCC(=O)N(C2CCCC2)C2CC2)ccn1Cc1ccccc1. The Balaban J connectivity index is 1.47. The summed E-state index contributed by atoms with van der Waals surface area (Å²) in [7, 11) is 1.35. The maximum Gasteiger partial charge on any atom is 0.358 e. The lowest BCUT2D eigenvalue weighted by Crippen LogP contribution is -2.43. The van der Waals surface area contributed by atoms with E-state index in [1.807, 2.05) is 35.2 Å². The van der Waals surface area contributed by atoms with E-state index >= 15 is 0 Å². The molecule has 29 heavy (non-hydrogen) atoms. The molecule has 2 aliphatic carbocycles. The van der Waals surface area contributed by atoms with Gasteiger partial charge in [0, 0.05) is 24.8 Å². The van der Waals surface area contributed by atoms with E-state index in [2.05, 4.69) is 0 Å². The molecule has 0 radical (unpaired) electrons. The molecule has 0 atom stereocenters. The molecule has 6 heteroatoms. The molecule has 2 aliphatic rings. The number of hydrogen-bond acceptors (Lipinski definition) is 4. The van der Waals surface area contributed by atoms with E-state index in [1.54, 1.807) is 16.8 Å². The summed E-state index contributed by atoms with van der Waals surface area (Å²) in [5.74, 6) is -0.0578. The highest BCUT2D eigenvalue weighted by Gasteiger charge is 2.38. The normalized spacial score (nSPS) is 16.6. The van der Waals surface area contributed by atoms with Gasteiger partial charge in [0.1, 0.15) is 0 Å². The van der Waals surface area contributed by atoms with Crippen LogP contribution >= 0.6 is 0 Å². The van der Waals surface area contributed by atoms with Crippen molar-refractivity contribution in [2.24, 2.45) is 0 Å². The van der Waals surface area contributed by atoms with Crippen molar-refractivity contribution in [1.82, 2.24) is 9.47 Å². The molecule has 1 aromatic carbocycles. The molecule has 6 nitrogen and oxygen atoms in total. The van der Waals surface area contributed by atoms with E-state index in [0.29, 0.717) is 30.1 Å². The smallest absolute Gasteiger partial charge is 0.358 e. The molecular formula is C23H28N2O4. The minimum absolute atomic E-state index is 0.0195. The second-order valence-electron chi connectivity index (χ2n) is 7.89. The number of amides is 1. The van der Waals surface area contributed by atoms with Crippen molar-refractivity contribution in [3.05, 3.63) is 53.9 Å². The fourth-order valence-corrected chi connectivity index (χ4v) is 4.25. The van der Waals surface area contributed by atoms with Crippen LogP contribution in [0.3, 0.4) is 0 Å². The van der Waals surface area contributed by atoms with Crippen LogP contribution in [-0.4, -0.2) is 47.1 Å². The summed E-state index contributed by atoms with van der Waals surface area (Å²) in [6.45, 7) is 0.477. The number of carbonyl (C=O) groups is 2. The number of ether oxygens (including phenoxy) is 2. The minimum atomic E-state index is -0.469. The first-order valence-electron chi connectivity index (χ1n) is 10.4. The summed E-state index contributed by atoms with van der Waals surface area (Å²) >= 11 is 0. The van der Waals surface area contributed by atoms with Crippen molar-refractivity contribution in [2.75, 3.05) is 13.7 Å². The van der Waals surface area contributed by atoms with Gasteiger partial charge >= 0.3 is 5.97 Å². The molecule has 0 N–H and O–H groups in total. The van der Waals surface area contributed by atoms with Crippen molar-refractivity contribution >= 4 is 11.9 Å². The van der Waals surface area contributed by atoms with Gasteiger partial charge in [-0.05, 0) is 37.3 Å². The van der Waals surface area contributed by atoms with Crippen LogP contribution in [0.15, 0.2) is 42.6 Å². The third-order valence-corrected chi connectivity index (χ3v) is 5.80. The molecule has 0 aliphatic heterocycles. The van der Waals surface area contributed by atoms with Crippen LogP contribution in [0.5, 0.6) is 5.75 Å². The molecule has 4 rings (SSSR count). The molecule has 1 aromatic heterocycles.